The second-order valence-electron chi connectivity index (χ2n) is 2.91. The lowest BCUT2D eigenvalue weighted by Crippen LogP contribution is -2.64. The summed E-state index contributed by atoms with van der Waals surface area (Å²) in [6.07, 6.45) is -6.46. The van der Waals surface area contributed by atoms with Crippen LogP contribution in [0.5, 0.6) is 0 Å². The summed E-state index contributed by atoms with van der Waals surface area (Å²) in [5.74, 6) is -14.4. The van der Waals surface area contributed by atoms with Gasteiger partial charge in [-0.3, -0.25) is 9.29 Å². The molecule has 0 spiro atoms. The molecule has 0 aliphatic heterocycles. The van der Waals surface area contributed by atoms with E-state index in [9.17, 15) is 47.9 Å². The summed E-state index contributed by atoms with van der Waals surface area (Å²) in [7, 11) is -7.16. The first-order valence-electron chi connectivity index (χ1n) is 3.74. The highest BCUT2D eigenvalue weighted by atomic mass is 32.2. The maximum absolute atomic E-state index is 12.6. The van der Waals surface area contributed by atoms with Crippen molar-refractivity contribution >= 4 is 10.1 Å². The Morgan fingerprint density at radius 2 is 1.26 bits per heavy atom. The minimum Gasteiger partial charge on any atom is -0.283 e. The Morgan fingerprint density at radius 1 is 0.895 bits per heavy atom. The van der Waals surface area contributed by atoms with Crippen molar-refractivity contribution in [3.05, 3.63) is 0 Å². The molecule has 0 fully saturated rings. The van der Waals surface area contributed by atoms with Gasteiger partial charge in [-0.2, -0.15) is 43.5 Å². The molecule has 0 unspecified atom stereocenters. The Balaban J connectivity index is 5.91. The van der Waals surface area contributed by atoms with Crippen LogP contribution in [0.25, 0.3) is 0 Å². The normalized spacial score (nSPS) is 15.7. The van der Waals surface area contributed by atoms with E-state index in [-0.39, 0.29) is 0 Å². The average Bonchev–Trinajstić information content (AvgIpc) is 2.14. The molecule has 0 saturated carbocycles. The van der Waals surface area contributed by atoms with E-state index in [2.05, 4.69) is 4.74 Å². The molecule has 4 nitrogen and oxygen atoms in total. The third kappa shape index (κ3) is 2.60. The summed E-state index contributed by atoms with van der Waals surface area (Å²) in [6.45, 7) is -2.75. The zero-order valence-electron chi connectivity index (χ0n) is 8.19. The van der Waals surface area contributed by atoms with E-state index in [1.54, 1.807) is 0 Å². The van der Waals surface area contributed by atoms with Gasteiger partial charge in [-0.1, -0.05) is 0 Å². The van der Waals surface area contributed by atoms with Crippen LogP contribution in [-0.4, -0.2) is 43.0 Å². The largest absolute Gasteiger partial charge is 0.438 e. The summed E-state index contributed by atoms with van der Waals surface area (Å²) < 4.78 is 141. The van der Waals surface area contributed by atoms with Crippen LogP contribution in [0.3, 0.4) is 0 Å². The van der Waals surface area contributed by atoms with E-state index in [0.717, 1.165) is 0 Å². The van der Waals surface area contributed by atoms with E-state index in [1.165, 1.54) is 0 Å². The first-order valence-corrected chi connectivity index (χ1v) is 5.18. The Labute approximate surface area is 98.4 Å². The molecule has 0 aromatic rings. The fraction of sp³-hybridized carbons (Fsp3) is 1.00. The Morgan fingerprint density at radius 3 is 1.53 bits per heavy atom. The highest BCUT2D eigenvalue weighted by Gasteiger charge is 2.85. The van der Waals surface area contributed by atoms with Gasteiger partial charge in [0.25, 0.3) is 0 Å². The standard InChI is InChI=1S/C5H3F9O4S/c6-1-18-4(11,12)2(7,8)3(9,10)5(13,14)19(15,16)17/h1H2,(H,15,16,17). The van der Waals surface area contributed by atoms with Gasteiger partial charge in [0.1, 0.15) is 0 Å². The number of hydrogen-bond acceptors (Lipinski definition) is 3. The average molecular weight is 330 g/mol. The fourth-order valence-electron chi connectivity index (χ4n) is 0.687. The zero-order valence-corrected chi connectivity index (χ0v) is 9.01. The number of hydrogen-bond donors (Lipinski definition) is 1. The molecule has 0 heterocycles. The highest BCUT2D eigenvalue weighted by Crippen LogP contribution is 2.54. The molecule has 0 radical (unpaired) electrons. The molecule has 14 heteroatoms. The Kier molecular flexibility index (Phi) is 4.47. The Bertz CT molecular complexity index is 430. The maximum Gasteiger partial charge on any atom is 0.438 e. The van der Waals surface area contributed by atoms with E-state index in [0.29, 0.717) is 0 Å². The molecule has 0 bridgehead atoms. The predicted molar refractivity (Wildman–Crippen MR) is 38.4 cm³/mol. The molecule has 0 aliphatic rings. The van der Waals surface area contributed by atoms with Crippen LogP contribution in [0.2, 0.25) is 0 Å². The molecular formula is C5H3F9O4S. The molecule has 0 aromatic heterocycles. The van der Waals surface area contributed by atoms with Crippen LogP contribution in [0.4, 0.5) is 39.5 Å². The molecule has 116 valence electrons. The van der Waals surface area contributed by atoms with E-state index in [4.69, 9.17) is 4.55 Å². The zero-order chi connectivity index (χ0) is 15.9. The van der Waals surface area contributed by atoms with Gasteiger partial charge < -0.3 is 0 Å². The summed E-state index contributed by atoms with van der Waals surface area (Å²) in [4.78, 5) is 0. The molecule has 0 aliphatic carbocycles. The van der Waals surface area contributed by atoms with Gasteiger partial charge in [0.2, 0.25) is 0 Å². The summed E-state index contributed by atoms with van der Waals surface area (Å²) in [5.41, 5.74) is 0. The van der Waals surface area contributed by atoms with Crippen LogP contribution >= 0.6 is 0 Å². The van der Waals surface area contributed by atoms with Gasteiger partial charge in [-0.15, -0.1) is 0 Å². The second kappa shape index (κ2) is 4.66. The van der Waals surface area contributed by atoms with Crippen LogP contribution in [0.1, 0.15) is 0 Å². The van der Waals surface area contributed by atoms with Gasteiger partial charge >= 0.3 is 33.3 Å². The molecule has 0 saturated heterocycles. The van der Waals surface area contributed by atoms with Crippen LogP contribution in [0.15, 0.2) is 0 Å². The van der Waals surface area contributed by atoms with Crippen molar-refractivity contribution in [1.29, 1.82) is 0 Å². The Hall–Kier alpha value is -0.760. The van der Waals surface area contributed by atoms with Gasteiger partial charge in [-0.05, 0) is 0 Å². The lowest BCUT2D eigenvalue weighted by atomic mass is 10.1. The second-order valence-corrected chi connectivity index (χ2v) is 4.37. The molecular weight excluding hydrogens is 327 g/mol. The third-order valence-corrected chi connectivity index (χ3v) is 2.59. The van der Waals surface area contributed by atoms with Crippen molar-refractivity contribution in [3.8, 4) is 0 Å². The number of rotatable bonds is 6. The fourth-order valence-corrected chi connectivity index (χ4v) is 1.14. The van der Waals surface area contributed by atoms with E-state index >= 15 is 0 Å². The van der Waals surface area contributed by atoms with Gasteiger partial charge in [0.05, 0.1) is 0 Å². The first-order chi connectivity index (χ1) is 8.06. The van der Waals surface area contributed by atoms with Crippen molar-refractivity contribution < 1.29 is 57.2 Å². The molecule has 0 amide bonds. The first kappa shape index (κ1) is 18.2. The molecule has 1 N–H and O–H groups in total. The van der Waals surface area contributed by atoms with Gasteiger partial charge in [0.15, 0.2) is 6.86 Å². The van der Waals surface area contributed by atoms with E-state index in [1.807, 2.05) is 0 Å². The predicted octanol–water partition coefficient (Wildman–Crippen LogP) is 2.27. The van der Waals surface area contributed by atoms with Crippen LogP contribution in [-0.2, 0) is 14.9 Å². The van der Waals surface area contributed by atoms with E-state index < -0.39 is 40.2 Å². The molecule has 0 atom stereocenters. The molecule has 19 heavy (non-hydrogen) atoms. The summed E-state index contributed by atoms with van der Waals surface area (Å²) in [5, 5.41) is -6.97. The van der Waals surface area contributed by atoms with Crippen molar-refractivity contribution in [1.82, 2.24) is 0 Å². The minimum atomic E-state index is -7.29. The summed E-state index contributed by atoms with van der Waals surface area (Å²) in [6, 6.07) is 0. The number of ether oxygens (including phenoxy) is 1. The molecule has 0 rings (SSSR count). The molecule has 0 aromatic carbocycles. The SMILES string of the molecule is O=S(=O)(O)C(F)(F)C(F)(F)C(F)(F)C(F)(F)OCF. The van der Waals surface area contributed by atoms with Crippen LogP contribution in [0, 0.1) is 0 Å². The van der Waals surface area contributed by atoms with Crippen molar-refractivity contribution in [2.75, 3.05) is 6.86 Å². The number of halogens is 9. The lowest BCUT2D eigenvalue weighted by Gasteiger charge is -2.34. The van der Waals surface area contributed by atoms with Crippen molar-refractivity contribution in [2.24, 2.45) is 0 Å². The van der Waals surface area contributed by atoms with Crippen molar-refractivity contribution in [3.63, 3.8) is 0 Å². The number of alkyl halides is 9. The van der Waals surface area contributed by atoms with Crippen molar-refractivity contribution in [2.45, 2.75) is 23.2 Å². The smallest absolute Gasteiger partial charge is 0.283 e. The topological polar surface area (TPSA) is 63.6 Å². The van der Waals surface area contributed by atoms with Gasteiger partial charge in [0, 0.05) is 0 Å². The maximum atomic E-state index is 12.6. The third-order valence-electron chi connectivity index (χ3n) is 1.69. The highest BCUT2D eigenvalue weighted by molar-refractivity contribution is 7.87. The van der Waals surface area contributed by atoms with Crippen LogP contribution < -0.4 is 0 Å². The quantitative estimate of drug-likeness (QED) is 0.599. The summed E-state index contributed by atoms with van der Waals surface area (Å²) >= 11 is 0. The lowest BCUT2D eigenvalue weighted by molar-refractivity contribution is -0.422. The monoisotopic (exact) mass is 330 g/mol. The minimum absolute atomic E-state index is 2.25. The van der Waals surface area contributed by atoms with Gasteiger partial charge in [-0.25, -0.2) is 4.39 Å².